The molecule has 0 amide bonds. The van der Waals surface area contributed by atoms with Gasteiger partial charge >= 0.3 is 0 Å². The van der Waals surface area contributed by atoms with Crippen LogP contribution in [0.5, 0.6) is 0 Å². The lowest BCUT2D eigenvalue weighted by Gasteiger charge is -2.20. The van der Waals surface area contributed by atoms with E-state index in [1.165, 1.54) is 18.5 Å². The lowest BCUT2D eigenvalue weighted by molar-refractivity contribution is 0.453. The molecule has 2 aromatic heterocycles. The molecule has 1 aliphatic rings. The van der Waals surface area contributed by atoms with Crippen molar-refractivity contribution in [3.05, 3.63) is 36.3 Å². The van der Waals surface area contributed by atoms with Gasteiger partial charge in [0, 0.05) is 29.6 Å². The minimum atomic E-state index is 0. The first kappa shape index (κ1) is 16.0. The van der Waals surface area contributed by atoms with E-state index >= 15 is 0 Å². The number of hydrogen-bond donors (Lipinski definition) is 2. The Kier molecular flexibility index (Phi) is 6.28. The second kappa shape index (κ2) is 7.48. The number of rotatable bonds is 2. The molecule has 1 aliphatic heterocycles. The maximum Gasteiger partial charge on any atom is 0.0924 e. The van der Waals surface area contributed by atoms with E-state index in [2.05, 4.69) is 26.6 Å². The average Bonchev–Trinajstić information content (AvgIpc) is 2.90. The van der Waals surface area contributed by atoms with E-state index in [0.717, 1.165) is 24.3 Å². The molecule has 6 heteroatoms. The van der Waals surface area contributed by atoms with Crippen LogP contribution in [0.4, 0.5) is 0 Å². The molecule has 3 heterocycles. The number of nitrogens with one attached hydrogen (secondary N) is 2. The summed E-state index contributed by atoms with van der Waals surface area (Å²) in [4.78, 5) is 4.02. The van der Waals surface area contributed by atoms with Crippen LogP contribution in [0.25, 0.3) is 11.3 Å². The van der Waals surface area contributed by atoms with Crippen LogP contribution < -0.4 is 5.32 Å². The van der Waals surface area contributed by atoms with Crippen LogP contribution in [0.2, 0.25) is 0 Å². The van der Waals surface area contributed by atoms with Gasteiger partial charge in [0.25, 0.3) is 0 Å². The van der Waals surface area contributed by atoms with Crippen molar-refractivity contribution in [2.75, 3.05) is 13.1 Å². The fraction of sp³-hybridized carbons (Fsp3) is 0.385. The molecule has 0 aromatic carbocycles. The van der Waals surface area contributed by atoms with Crippen molar-refractivity contribution in [3.8, 4) is 11.3 Å². The van der Waals surface area contributed by atoms with Crippen LogP contribution in [0, 0.1) is 0 Å². The molecule has 0 atom stereocenters. The molecule has 0 spiro atoms. The molecule has 3 rings (SSSR count). The number of aromatic nitrogens is 3. The maximum atomic E-state index is 4.39. The number of hydrogen-bond acceptors (Lipinski definition) is 3. The minimum Gasteiger partial charge on any atom is -0.317 e. The summed E-state index contributed by atoms with van der Waals surface area (Å²) in [6.45, 7) is 2.21. The zero-order valence-electron chi connectivity index (χ0n) is 10.5. The average molecular weight is 301 g/mol. The van der Waals surface area contributed by atoms with Crippen LogP contribution in [0.3, 0.4) is 0 Å². The van der Waals surface area contributed by atoms with Gasteiger partial charge in [-0.05, 0) is 44.1 Å². The summed E-state index contributed by atoms with van der Waals surface area (Å²) < 4.78 is 0. The molecule has 0 saturated carbocycles. The van der Waals surface area contributed by atoms with Gasteiger partial charge < -0.3 is 5.32 Å². The Morgan fingerprint density at radius 2 is 1.74 bits per heavy atom. The Balaban J connectivity index is 0.000000902. The van der Waals surface area contributed by atoms with Crippen molar-refractivity contribution < 1.29 is 0 Å². The monoisotopic (exact) mass is 300 g/mol. The summed E-state index contributed by atoms with van der Waals surface area (Å²) >= 11 is 0. The largest absolute Gasteiger partial charge is 0.317 e. The Labute approximate surface area is 125 Å². The summed E-state index contributed by atoms with van der Waals surface area (Å²) in [7, 11) is 0. The SMILES string of the molecule is Cl.Cl.c1cc(-c2cc(C3CCNCC3)[nH]n2)ccn1. The molecule has 0 unspecified atom stereocenters. The summed E-state index contributed by atoms with van der Waals surface area (Å²) in [5, 5.41) is 10.9. The maximum absolute atomic E-state index is 4.39. The van der Waals surface area contributed by atoms with Crippen LogP contribution in [0.15, 0.2) is 30.6 Å². The summed E-state index contributed by atoms with van der Waals surface area (Å²) in [6.07, 6.45) is 5.98. The molecular formula is C13H18Cl2N4. The number of pyridine rings is 1. The topological polar surface area (TPSA) is 53.6 Å². The Bertz CT molecular complexity index is 480. The van der Waals surface area contributed by atoms with Gasteiger partial charge in [0.05, 0.1) is 5.69 Å². The molecule has 1 saturated heterocycles. The van der Waals surface area contributed by atoms with Crippen molar-refractivity contribution in [2.24, 2.45) is 0 Å². The highest BCUT2D eigenvalue weighted by Crippen LogP contribution is 2.26. The molecule has 0 aliphatic carbocycles. The molecule has 2 N–H and O–H groups in total. The first-order valence-electron chi connectivity index (χ1n) is 6.10. The highest BCUT2D eigenvalue weighted by atomic mass is 35.5. The van der Waals surface area contributed by atoms with Crippen LogP contribution in [0.1, 0.15) is 24.5 Å². The molecule has 104 valence electrons. The third-order valence-corrected chi connectivity index (χ3v) is 3.35. The van der Waals surface area contributed by atoms with E-state index in [0.29, 0.717) is 5.92 Å². The normalized spacial score (nSPS) is 15.4. The minimum absolute atomic E-state index is 0. The third-order valence-electron chi connectivity index (χ3n) is 3.35. The van der Waals surface area contributed by atoms with Gasteiger partial charge in [-0.1, -0.05) is 0 Å². The van der Waals surface area contributed by atoms with Gasteiger partial charge in [0.1, 0.15) is 0 Å². The Morgan fingerprint density at radius 1 is 1.05 bits per heavy atom. The van der Waals surface area contributed by atoms with E-state index in [1.54, 1.807) is 12.4 Å². The van der Waals surface area contributed by atoms with E-state index in [1.807, 2.05) is 12.1 Å². The van der Waals surface area contributed by atoms with E-state index < -0.39 is 0 Å². The van der Waals surface area contributed by atoms with E-state index in [-0.39, 0.29) is 24.8 Å². The van der Waals surface area contributed by atoms with Crippen molar-refractivity contribution >= 4 is 24.8 Å². The second-order valence-corrected chi connectivity index (χ2v) is 4.47. The first-order valence-corrected chi connectivity index (χ1v) is 6.10. The van der Waals surface area contributed by atoms with Gasteiger partial charge in [-0.2, -0.15) is 5.10 Å². The quantitative estimate of drug-likeness (QED) is 0.897. The van der Waals surface area contributed by atoms with E-state index in [4.69, 9.17) is 0 Å². The van der Waals surface area contributed by atoms with Crippen LogP contribution >= 0.6 is 24.8 Å². The molecule has 2 aromatic rings. The van der Waals surface area contributed by atoms with Crippen LogP contribution in [-0.4, -0.2) is 28.3 Å². The Hall–Kier alpha value is -1.10. The predicted octanol–water partition coefficient (Wildman–Crippen LogP) is 2.78. The lowest BCUT2D eigenvalue weighted by atomic mass is 9.94. The number of halogens is 2. The number of aromatic amines is 1. The fourth-order valence-corrected chi connectivity index (χ4v) is 2.35. The zero-order chi connectivity index (χ0) is 11.5. The van der Waals surface area contributed by atoms with Crippen molar-refractivity contribution in [1.82, 2.24) is 20.5 Å². The second-order valence-electron chi connectivity index (χ2n) is 4.47. The van der Waals surface area contributed by atoms with Gasteiger partial charge in [0.15, 0.2) is 0 Å². The number of H-pyrrole nitrogens is 1. The third kappa shape index (κ3) is 3.69. The molecule has 1 fully saturated rings. The van der Waals surface area contributed by atoms with E-state index in [9.17, 15) is 0 Å². The summed E-state index contributed by atoms with van der Waals surface area (Å²) in [6, 6.07) is 6.15. The molecule has 19 heavy (non-hydrogen) atoms. The molecule has 0 radical (unpaired) electrons. The predicted molar refractivity (Wildman–Crippen MR) is 81.2 cm³/mol. The number of nitrogens with zero attached hydrogens (tertiary/aromatic N) is 2. The first-order chi connectivity index (χ1) is 8.43. The smallest absolute Gasteiger partial charge is 0.0924 e. The highest BCUT2D eigenvalue weighted by molar-refractivity contribution is 5.85. The zero-order valence-corrected chi connectivity index (χ0v) is 12.1. The number of piperidine rings is 1. The van der Waals surface area contributed by atoms with Crippen LogP contribution in [-0.2, 0) is 0 Å². The van der Waals surface area contributed by atoms with Gasteiger partial charge in [-0.25, -0.2) is 0 Å². The van der Waals surface area contributed by atoms with Gasteiger partial charge in [-0.3, -0.25) is 10.1 Å². The molecule has 0 bridgehead atoms. The summed E-state index contributed by atoms with van der Waals surface area (Å²) in [5.74, 6) is 0.624. The summed E-state index contributed by atoms with van der Waals surface area (Å²) in [5.41, 5.74) is 3.40. The Morgan fingerprint density at radius 3 is 2.42 bits per heavy atom. The standard InChI is InChI=1S/C13H16N4.2ClH/c1-5-14-6-2-10(1)12-9-13(17-16-12)11-3-7-15-8-4-11;;/h1-2,5-6,9,11,15H,3-4,7-8H2,(H,16,17);2*1H. The lowest BCUT2D eigenvalue weighted by Crippen LogP contribution is -2.26. The fourth-order valence-electron chi connectivity index (χ4n) is 2.35. The molecule has 4 nitrogen and oxygen atoms in total. The van der Waals surface area contributed by atoms with Gasteiger partial charge in [-0.15, -0.1) is 24.8 Å². The van der Waals surface area contributed by atoms with Crippen molar-refractivity contribution in [2.45, 2.75) is 18.8 Å². The van der Waals surface area contributed by atoms with Crippen molar-refractivity contribution in [3.63, 3.8) is 0 Å². The van der Waals surface area contributed by atoms with Gasteiger partial charge in [0.2, 0.25) is 0 Å². The molecular weight excluding hydrogens is 283 g/mol. The highest BCUT2D eigenvalue weighted by Gasteiger charge is 2.17. The van der Waals surface area contributed by atoms with Crippen molar-refractivity contribution in [1.29, 1.82) is 0 Å².